The fourth-order valence-electron chi connectivity index (χ4n) is 6.28. The third kappa shape index (κ3) is 4.76. The van der Waals surface area contributed by atoms with E-state index in [0.29, 0.717) is 18.5 Å². The molecule has 0 bridgehead atoms. The third-order valence-electron chi connectivity index (χ3n) is 8.32. The molecule has 0 saturated carbocycles. The van der Waals surface area contributed by atoms with Crippen LogP contribution >= 0.6 is 0 Å². The Kier molecular flexibility index (Phi) is 6.88. The van der Waals surface area contributed by atoms with Gasteiger partial charge in [0.25, 0.3) is 0 Å². The summed E-state index contributed by atoms with van der Waals surface area (Å²) in [6.07, 6.45) is 7.97. The van der Waals surface area contributed by atoms with E-state index in [9.17, 15) is 9.59 Å². The van der Waals surface area contributed by atoms with E-state index >= 15 is 0 Å². The molecule has 1 saturated heterocycles. The molecule has 2 aliphatic rings. The molecule has 40 heavy (non-hydrogen) atoms. The van der Waals surface area contributed by atoms with Crippen LogP contribution in [-0.4, -0.2) is 35.3 Å². The van der Waals surface area contributed by atoms with Crippen molar-refractivity contribution in [3.8, 4) is 0 Å². The first kappa shape index (κ1) is 25.9. The van der Waals surface area contributed by atoms with E-state index in [0.717, 1.165) is 30.8 Å². The third-order valence-corrected chi connectivity index (χ3v) is 8.32. The average molecular weight is 536 g/mol. The molecule has 0 radical (unpaired) electrons. The summed E-state index contributed by atoms with van der Waals surface area (Å²) >= 11 is 0. The van der Waals surface area contributed by atoms with Gasteiger partial charge in [0.15, 0.2) is 0 Å². The Morgan fingerprint density at radius 1 is 0.975 bits per heavy atom. The Morgan fingerprint density at radius 2 is 1.68 bits per heavy atom. The normalized spacial score (nSPS) is 17.8. The highest BCUT2D eigenvalue weighted by atomic mass is 16.5. The number of amides is 1. The highest BCUT2D eigenvalue weighted by molar-refractivity contribution is 6.06. The van der Waals surface area contributed by atoms with Crippen LogP contribution in [0.15, 0.2) is 97.6 Å². The summed E-state index contributed by atoms with van der Waals surface area (Å²) < 4.78 is 9.50. The topological polar surface area (TPSA) is 58.7 Å². The van der Waals surface area contributed by atoms with Crippen molar-refractivity contribution in [2.24, 2.45) is 7.05 Å². The number of hydrogen-bond acceptors (Lipinski definition) is 4. The Balaban J connectivity index is 1.24. The van der Waals surface area contributed by atoms with Crippen LogP contribution in [0.25, 0.3) is 0 Å². The molecule has 6 rings (SSSR count). The van der Waals surface area contributed by atoms with Crippen LogP contribution in [0.4, 0.5) is 11.4 Å². The lowest BCUT2D eigenvalue weighted by molar-refractivity contribution is -0.671. The van der Waals surface area contributed by atoms with E-state index in [2.05, 4.69) is 72.5 Å². The van der Waals surface area contributed by atoms with Gasteiger partial charge in [-0.1, -0.05) is 60.7 Å². The maximum Gasteiger partial charge on any atom is 0.338 e. The number of imidazole rings is 1. The number of esters is 1. The zero-order valence-corrected chi connectivity index (χ0v) is 23.1. The fourth-order valence-corrected chi connectivity index (χ4v) is 6.28. The van der Waals surface area contributed by atoms with Crippen LogP contribution < -0.4 is 14.4 Å². The first-order chi connectivity index (χ1) is 19.4. The first-order valence-corrected chi connectivity index (χ1v) is 14.0. The number of aromatic nitrogens is 2. The van der Waals surface area contributed by atoms with Crippen molar-refractivity contribution in [2.75, 3.05) is 23.0 Å². The Hall–Kier alpha value is -4.39. The van der Waals surface area contributed by atoms with Gasteiger partial charge in [0.05, 0.1) is 24.0 Å². The minimum atomic E-state index is -0.455. The van der Waals surface area contributed by atoms with Crippen LogP contribution in [-0.2, 0) is 23.1 Å². The molecule has 3 aromatic carbocycles. The molecule has 1 fully saturated rings. The molecule has 1 amide bonds. The molecule has 7 nitrogen and oxygen atoms in total. The molecule has 1 aromatic heterocycles. The molecule has 0 N–H and O–H groups in total. The zero-order valence-electron chi connectivity index (χ0n) is 23.1. The van der Waals surface area contributed by atoms with Gasteiger partial charge in [-0.15, -0.1) is 0 Å². The van der Waals surface area contributed by atoms with Gasteiger partial charge in [-0.2, -0.15) is 0 Å². The lowest BCUT2D eigenvalue weighted by Gasteiger charge is -2.38. The van der Waals surface area contributed by atoms with Gasteiger partial charge in [-0.05, 0) is 49.1 Å². The lowest BCUT2D eigenvalue weighted by atomic mass is 9.88. The van der Waals surface area contributed by atoms with Crippen molar-refractivity contribution >= 4 is 23.3 Å². The Labute approximate surface area is 235 Å². The van der Waals surface area contributed by atoms with Crippen molar-refractivity contribution in [1.29, 1.82) is 0 Å². The number of carbonyl (C=O) groups excluding carboxylic acids is 2. The Morgan fingerprint density at radius 3 is 2.33 bits per heavy atom. The van der Waals surface area contributed by atoms with Gasteiger partial charge in [-0.25, -0.2) is 13.9 Å². The zero-order chi connectivity index (χ0) is 27.7. The number of nitrogens with zero attached hydrogens (tertiary/aromatic N) is 4. The van der Waals surface area contributed by atoms with Crippen LogP contribution in [0.3, 0.4) is 0 Å². The molecule has 2 aliphatic heterocycles. The van der Waals surface area contributed by atoms with E-state index in [1.807, 2.05) is 58.0 Å². The van der Waals surface area contributed by atoms with E-state index < -0.39 is 5.66 Å². The molecular weight excluding hydrogens is 500 g/mol. The molecule has 1 unspecified atom stereocenters. The summed E-state index contributed by atoms with van der Waals surface area (Å²) in [5.74, 6) is -0.0448. The van der Waals surface area contributed by atoms with Gasteiger partial charge in [0, 0.05) is 18.9 Å². The van der Waals surface area contributed by atoms with Gasteiger partial charge in [0.1, 0.15) is 31.2 Å². The number of fused-ring (bicyclic) bond motifs is 3. The molecular formula is C33H35N4O3+. The summed E-state index contributed by atoms with van der Waals surface area (Å²) in [7, 11) is 1.95. The maximum absolute atomic E-state index is 13.1. The highest BCUT2D eigenvalue weighted by Crippen LogP contribution is 2.51. The van der Waals surface area contributed by atoms with Crippen molar-refractivity contribution in [1.82, 2.24) is 4.57 Å². The average Bonchev–Trinajstić information content (AvgIpc) is 3.60. The largest absolute Gasteiger partial charge is 0.458 e. The number of aryl methyl sites for hydroxylation is 1. The quantitative estimate of drug-likeness (QED) is 0.222. The second-order valence-electron chi connectivity index (χ2n) is 10.9. The Bertz CT molecular complexity index is 1480. The standard InChI is InChI=1S/C33H35N4O3/c1-33-17-15-31(38)37(33)30-23-27(32(39)40-22-21-35-20-19-34(2)24-35)13-14-29(30)36(33)18-16-28(25-9-5-3-6-10-25)26-11-7-4-8-12-26/h3-14,19-20,23-24,28H,15-18,21-22H2,1-2H3/q+1. The van der Waals surface area contributed by atoms with E-state index in [-0.39, 0.29) is 24.4 Å². The predicted octanol–water partition coefficient (Wildman–Crippen LogP) is 5.05. The van der Waals surface area contributed by atoms with Gasteiger partial charge in [-0.3, -0.25) is 9.69 Å². The van der Waals surface area contributed by atoms with E-state index in [1.165, 1.54) is 11.1 Å². The fraction of sp³-hybridized carbons (Fsp3) is 0.303. The van der Waals surface area contributed by atoms with Gasteiger partial charge in [0.2, 0.25) is 12.2 Å². The number of carbonyl (C=O) groups is 2. The summed E-state index contributed by atoms with van der Waals surface area (Å²) in [5, 5.41) is 0. The maximum atomic E-state index is 13.1. The van der Waals surface area contributed by atoms with Crippen LogP contribution in [0.1, 0.15) is 53.6 Å². The number of anilines is 2. The molecule has 0 spiro atoms. The molecule has 204 valence electrons. The summed E-state index contributed by atoms with van der Waals surface area (Å²) in [6, 6.07) is 26.9. The van der Waals surface area contributed by atoms with Crippen molar-refractivity contribution in [2.45, 2.75) is 44.3 Å². The molecule has 4 aromatic rings. The summed E-state index contributed by atoms with van der Waals surface area (Å²) in [5.41, 5.74) is 4.37. The summed E-state index contributed by atoms with van der Waals surface area (Å²) in [4.78, 5) is 30.4. The van der Waals surface area contributed by atoms with Crippen LogP contribution in [0.5, 0.6) is 0 Å². The van der Waals surface area contributed by atoms with Crippen LogP contribution in [0, 0.1) is 0 Å². The van der Waals surface area contributed by atoms with Crippen molar-refractivity contribution in [3.05, 3.63) is 114 Å². The monoisotopic (exact) mass is 535 g/mol. The van der Waals surface area contributed by atoms with Gasteiger partial charge >= 0.3 is 5.97 Å². The second kappa shape index (κ2) is 10.6. The summed E-state index contributed by atoms with van der Waals surface area (Å²) in [6.45, 7) is 3.78. The number of rotatable bonds is 9. The van der Waals surface area contributed by atoms with Crippen molar-refractivity contribution < 1.29 is 18.9 Å². The smallest absolute Gasteiger partial charge is 0.338 e. The molecule has 3 heterocycles. The van der Waals surface area contributed by atoms with E-state index in [4.69, 9.17) is 4.74 Å². The minimum absolute atomic E-state index is 0.0971. The number of ether oxygens (including phenoxy) is 1. The van der Waals surface area contributed by atoms with E-state index in [1.54, 1.807) is 0 Å². The SMILES string of the molecule is C[n+]1ccn(CCOC(=O)c2ccc3c(c2)N2C(=O)CCC2(C)N3CCC(c2ccccc2)c2ccccc2)c1. The first-order valence-electron chi connectivity index (χ1n) is 14.0. The molecule has 7 heteroatoms. The van der Waals surface area contributed by atoms with Crippen molar-refractivity contribution in [3.63, 3.8) is 0 Å². The minimum Gasteiger partial charge on any atom is -0.458 e. The molecule has 1 atom stereocenters. The lowest BCUT2D eigenvalue weighted by Crippen LogP contribution is -2.52. The number of hydrogen-bond donors (Lipinski definition) is 0. The van der Waals surface area contributed by atoms with Crippen LogP contribution in [0.2, 0.25) is 0 Å². The predicted molar refractivity (Wildman–Crippen MR) is 154 cm³/mol. The van der Waals surface area contributed by atoms with Gasteiger partial charge < -0.3 is 9.64 Å². The molecule has 0 aliphatic carbocycles. The number of benzene rings is 3. The second-order valence-corrected chi connectivity index (χ2v) is 10.9. The highest BCUT2D eigenvalue weighted by Gasteiger charge is 2.53.